The van der Waals surface area contributed by atoms with Gasteiger partial charge in [-0.1, -0.05) is 54.9 Å². The molecule has 1 heterocycles. The molecule has 102 valence electrons. The molecule has 0 fully saturated rings. The van der Waals surface area contributed by atoms with Gasteiger partial charge in [-0.05, 0) is 18.9 Å². The number of nitrogens with zero attached hydrogens (tertiary/aromatic N) is 3. The zero-order valence-corrected chi connectivity index (χ0v) is 12.3. The van der Waals surface area contributed by atoms with E-state index < -0.39 is 0 Å². The second-order valence-corrected chi connectivity index (χ2v) is 5.59. The Balaban J connectivity index is 1.98. The third-order valence-corrected chi connectivity index (χ3v) is 3.95. The molecule has 0 unspecified atom stereocenters. The summed E-state index contributed by atoms with van der Waals surface area (Å²) in [7, 11) is 0. The minimum Gasteiger partial charge on any atom is -0.336 e. The molecule has 1 aromatic carbocycles. The van der Waals surface area contributed by atoms with Crippen molar-refractivity contribution in [1.82, 2.24) is 14.9 Å². The molecule has 1 aromatic heterocycles. The Morgan fingerprint density at radius 2 is 2.16 bits per heavy atom. The number of benzene rings is 1. The van der Waals surface area contributed by atoms with Gasteiger partial charge in [-0.2, -0.15) is 0 Å². The van der Waals surface area contributed by atoms with Crippen LogP contribution in [-0.4, -0.2) is 14.9 Å². The highest BCUT2D eigenvalue weighted by atomic mass is 32.2. The van der Waals surface area contributed by atoms with Gasteiger partial charge in [0.15, 0.2) is 5.82 Å². The van der Waals surface area contributed by atoms with Gasteiger partial charge in [0.05, 0.1) is 0 Å². The summed E-state index contributed by atoms with van der Waals surface area (Å²) >= 11 is 1.63. The van der Waals surface area contributed by atoms with E-state index in [4.69, 9.17) is 5.84 Å². The molecule has 4 nitrogen and oxygen atoms in total. The maximum absolute atomic E-state index is 6.01. The summed E-state index contributed by atoms with van der Waals surface area (Å²) in [5.74, 6) is 7.74. The molecule has 0 amide bonds. The van der Waals surface area contributed by atoms with Crippen molar-refractivity contribution in [3.8, 4) is 0 Å². The number of nitrogen functional groups attached to an aromatic ring is 1. The Morgan fingerprint density at radius 3 is 2.89 bits per heavy atom. The fraction of sp³-hybridized carbons (Fsp3) is 0.429. The molecule has 0 spiro atoms. The van der Waals surface area contributed by atoms with Crippen LogP contribution in [0.5, 0.6) is 0 Å². The molecule has 0 bridgehead atoms. The van der Waals surface area contributed by atoms with Crippen molar-refractivity contribution in [3.05, 3.63) is 41.2 Å². The second kappa shape index (κ2) is 6.61. The number of unbranched alkanes of at least 4 members (excludes halogenated alkanes) is 1. The lowest BCUT2D eigenvalue weighted by atomic mass is 10.2. The van der Waals surface area contributed by atoms with Crippen molar-refractivity contribution >= 4 is 11.8 Å². The molecule has 0 aliphatic heterocycles. The average molecular weight is 276 g/mol. The van der Waals surface area contributed by atoms with Crippen molar-refractivity contribution < 1.29 is 0 Å². The molecule has 0 aliphatic rings. The van der Waals surface area contributed by atoms with Crippen LogP contribution in [0.1, 0.15) is 36.7 Å². The van der Waals surface area contributed by atoms with Crippen molar-refractivity contribution in [1.29, 1.82) is 0 Å². The van der Waals surface area contributed by atoms with Crippen LogP contribution >= 0.6 is 11.8 Å². The average Bonchev–Trinajstić information content (AvgIpc) is 2.75. The van der Waals surface area contributed by atoms with Crippen LogP contribution in [0.25, 0.3) is 0 Å². The van der Waals surface area contributed by atoms with Crippen LogP contribution in [0.2, 0.25) is 0 Å². The topological polar surface area (TPSA) is 56.7 Å². The molecule has 19 heavy (non-hydrogen) atoms. The van der Waals surface area contributed by atoms with Gasteiger partial charge in [-0.25, -0.2) is 4.68 Å². The van der Waals surface area contributed by atoms with Crippen molar-refractivity contribution in [2.75, 3.05) is 5.84 Å². The number of nitrogens with two attached hydrogens (primary N) is 1. The molecular formula is C14H20N4S. The fourth-order valence-electron chi connectivity index (χ4n) is 1.86. The predicted octanol–water partition coefficient (Wildman–Crippen LogP) is 2.94. The van der Waals surface area contributed by atoms with E-state index in [-0.39, 0.29) is 0 Å². The summed E-state index contributed by atoms with van der Waals surface area (Å²) in [4.78, 5) is 0. The highest BCUT2D eigenvalue weighted by Gasteiger charge is 2.09. The number of aryl methyl sites for hydroxylation is 2. The van der Waals surface area contributed by atoms with Gasteiger partial charge in [0.1, 0.15) is 0 Å². The van der Waals surface area contributed by atoms with Gasteiger partial charge in [-0.15, -0.1) is 10.2 Å². The van der Waals surface area contributed by atoms with E-state index in [1.807, 2.05) is 0 Å². The maximum atomic E-state index is 6.01. The van der Waals surface area contributed by atoms with Crippen LogP contribution in [-0.2, 0) is 12.2 Å². The summed E-state index contributed by atoms with van der Waals surface area (Å²) in [5, 5.41) is 9.09. The summed E-state index contributed by atoms with van der Waals surface area (Å²) in [6, 6.07) is 8.48. The number of hydrogen-bond acceptors (Lipinski definition) is 4. The summed E-state index contributed by atoms with van der Waals surface area (Å²) < 4.78 is 1.62. The SMILES string of the molecule is CCCCc1nnc(SCc2cccc(C)c2)n1N. The Morgan fingerprint density at radius 1 is 1.32 bits per heavy atom. The maximum Gasteiger partial charge on any atom is 0.210 e. The van der Waals surface area contributed by atoms with E-state index in [0.29, 0.717) is 0 Å². The van der Waals surface area contributed by atoms with E-state index in [9.17, 15) is 0 Å². The Kier molecular flexibility index (Phi) is 4.85. The minimum atomic E-state index is 0.785. The van der Waals surface area contributed by atoms with Crippen LogP contribution in [0.15, 0.2) is 29.4 Å². The Bertz CT molecular complexity index is 536. The van der Waals surface area contributed by atoms with E-state index >= 15 is 0 Å². The second-order valence-electron chi connectivity index (χ2n) is 4.65. The molecule has 0 saturated heterocycles. The zero-order valence-electron chi connectivity index (χ0n) is 11.5. The highest BCUT2D eigenvalue weighted by molar-refractivity contribution is 7.98. The van der Waals surface area contributed by atoms with Crippen LogP contribution in [0.4, 0.5) is 0 Å². The molecule has 2 N–H and O–H groups in total. The van der Waals surface area contributed by atoms with Crippen LogP contribution in [0.3, 0.4) is 0 Å². The molecule has 2 aromatic rings. The number of aromatic nitrogens is 3. The monoisotopic (exact) mass is 276 g/mol. The quantitative estimate of drug-likeness (QED) is 0.651. The summed E-state index contributed by atoms with van der Waals surface area (Å²) in [5.41, 5.74) is 2.55. The molecule has 0 radical (unpaired) electrons. The van der Waals surface area contributed by atoms with E-state index in [2.05, 4.69) is 48.3 Å². The van der Waals surface area contributed by atoms with Crippen molar-refractivity contribution in [2.24, 2.45) is 0 Å². The minimum absolute atomic E-state index is 0.785. The Hall–Kier alpha value is -1.49. The first kappa shape index (κ1) is 13.9. The standard InChI is InChI=1S/C14H20N4S/c1-3-4-8-13-16-17-14(18(13)15)19-10-12-7-5-6-11(2)9-12/h5-7,9H,3-4,8,10,15H2,1-2H3. The van der Waals surface area contributed by atoms with Gasteiger partial charge < -0.3 is 5.84 Å². The highest BCUT2D eigenvalue weighted by Crippen LogP contribution is 2.21. The number of rotatable bonds is 6. The smallest absolute Gasteiger partial charge is 0.210 e. The summed E-state index contributed by atoms with van der Waals surface area (Å²) in [6.07, 6.45) is 3.13. The van der Waals surface area contributed by atoms with Gasteiger partial charge in [0, 0.05) is 12.2 Å². The van der Waals surface area contributed by atoms with E-state index in [1.165, 1.54) is 11.1 Å². The fourth-order valence-corrected chi connectivity index (χ4v) is 2.68. The van der Waals surface area contributed by atoms with E-state index in [1.54, 1.807) is 16.4 Å². The molecule has 0 aliphatic carbocycles. The first-order chi connectivity index (χ1) is 9.20. The number of hydrogen-bond donors (Lipinski definition) is 1. The van der Waals surface area contributed by atoms with Gasteiger partial charge in [-0.3, -0.25) is 0 Å². The number of thioether (sulfide) groups is 1. The largest absolute Gasteiger partial charge is 0.336 e. The van der Waals surface area contributed by atoms with Crippen LogP contribution in [0, 0.1) is 6.92 Å². The molecule has 2 rings (SSSR count). The normalized spacial score (nSPS) is 10.8. The third kappa shape index (κ3) is 3.73. The zero-order chi connectivity index (χ0) is 13.7. The van der Waals surface area contributed by atoms with Crippen molar-refractivity contribution in [2.45, 2.75) is 44.0 Å². The van der Waals surface area contributed by atoms with Gasteiger partial charge in [0.25, 0.3) is 0 Å². The first-order valence-corrected chi connectivity index (χ1v) is 7.57. The lowest BCUT2D eigenvalue weighted by Crippen LogP contribution is -2.14. The van der Waals surface area contributed by atoms with Crippen molar-refractivity contribution in [3.63, 3.8) is 0 Å². The predicted molar refractivity (Wildman–Crippen MR) is 79.5 cm³/mol. The van der Waals surface area contributed by atoms with Gasteiger partial charge >= 0.3 is 0 Å². The van der Waals surface area contributed by atoms with Gasteiger partial charge in [0.2, 0.25) is 5.16 Å². The lowest BCUT2D eigenvalue weighted by molar-refractivity contribution is 0.712. The molecule has 0 saturated carbocycles. The molecule has 5 heteroatoms. The van der Waals surface area contributed by atoms with Crippen LogP contribution < -0.4 is 5.84 Å². The molecular weight excluding hydrogens is 256 g/mol. The summed E-state index contributed by atoms with van der Waals surface area (Å²) in [6.45, 7) is 4.26. The Labute approximate surface area is 118 Å². The lowest BCUT2D eigenvalue weighted by Gasteiger charge is -2.04. The molecule has 0 atom stereocenters. The third-order valence-electron chi connectivity index (χ3n) is 2.94. The van der Waals surface area contributed by atoms with E-state index in [0.717, 1.165) is 36.0 Å². The first-order valence-electron chi connectivity index (χ1n) is 6.58.